The van der Waals surface area contributed by atoms with Gasteiger partial charge in [0, 0.05) is 18.3 Å². The highest BCUT2D eigenvalue weighted by Gasteiger charge is 2.43. The van der Waals surface area contributed by atoms with Crippen molar-refractivity contribution in [2.45, 2.75) is 44.3 Å². The summed E-state index contributed by atoms with van der Waals surface area (Å²) in [4.78, 5) is 43.5. The number of halogens is 3. The number of esters is 2. The van der Waals surface area contributed by atoms with E-state index >= 15 is 0 Å². The van der Waals surface area contributed by atoms with Crippen molar-refractivity contribution >= 4 is 11.9 Å². The van der Waals surface area contributed by atoms with E-state index in [0.717, 1.165) is 12.8 Å². The second kappa shape index (κ2) is 13.5. The van der Waals surface area contributed by atoms with Gasteiger partial charge >= 0.3 is 18.1 Å². The first-order valence-electron chi connectivity index (χ1n) is 9.21. The number of imidazole rings is 1. The van der Waals surface area contributed by atoms with Crippen LogP contribution in [0.3, 0.4) is 0 Å². The Labute approximate surface area is 169 Å². The number of unbranched alkanes of at least 4 members (excludes halogenated alkanes) is 2. The average Bonchev–Trinajstić information content (AvgIpc) is 3.17. The van der Waals surface area contributed by atoms with E-state index in [2.05, 4.69) is 30.2 Å². The van der Waals surface area contributed by atoms with Gasteiger partial charge < -0.3 is 25.2 Å². The van der Waals surface area contributed by atoms with E-state index in [1.807, 2.05) is 0 Å². The molecule has 0 aliphatic rings. The highest BCUT2D eigenvalue weighted by atomic mass is 19.4. The minimum absolute atomic E-state index is 0.0242. The maximum Gasteiger partial charge on any atom is 0.491 e. The van der Waals surface area contributed by atoms with Crippen molar-refractivity contribution in [3.63, 3.8) is 0 Å². The molecule has 1 rings (SSSR count). The molecule has 3 N–H and O–H groups in total. The van der Waals surface area contributed by atoms with Crippen LogP contribution < -0.4 is 10.6 Å². The molecule has 0 fully saturated rings. The molecule has 0 aliphatic heterocycles. The van der Waals surface area contributed by atoms with Crippen LogP contribution in [0.1, 0.15) is 31.4 Å². The Morgan fingerprint density at radius 3 is 2.57 bits per heavy atom. The molecule has 30 heavy (non-hydrogen) atoms. The fourth-order valence-electron chi connectivity index (χ4n) is 2.36. The van der Waals surface area contributed by atoms with Crippen LogP contribution in [0, 0.1) is 10.1 Å². The van der Waals surface area contributed by atoms with E-state index in [1.165, 1.54) is 12.5 Å². The molecule has 0 amide bonds. The second-order valence-corrected chi connectivity index (χ2v) is 6.22. The Bertz CT molecular complexity index is 656. The van der Waals surface area contributed by atoms with Gasteiger partial charge in [-0.05, 0) is 38.9 Å². The van der Waals surface area contributed by atoms with Crippen molar-refractivity contribution in [2.24, 2.45) is 0 Å². The zero-order chi connectivity index (χ0) is 22.4. The normalized spacial score (nSPS) is 12.4. The Kier molecular flexibility index (Phi) is 11.4. The van der Waals surface area contributed by atoms with Gasteiger partial charge in [0.1, 0.15) is 6.04 Å². The van der Waals surface area contributed by atoms with Crippen molar-refractivity contribution < 1.29 is 37.4 Å². The van der Waals surface area contributed by atoms with Crippen LogP contribution >= 0.6 is 0 Å². The van der Waals surface area contributed by atoms with Gasteiger partial charge in [0.25, 0.3) is 5.09 Å². The average molecular weight is 439 g/mol. The highest BCUT2D eigenvalue weighted by molar-refractivity contribution is 5.91. The minimum atomic E-state index is -5.26. The summed E-state index contributed by atoms with van der Waals surface area (Å²) in [6.07, 6.45) is 0.158. The van der Waals surface area contributed by atoms with Crippen LogP contribution in [-0.2, 0) is 25.6 Å². The van der Waals surface area contributed by atoms with Gasteiger partial charge in [-0.25, -0.2) is 14.6 Å². The monoisotopic (exact) mass is 439 g/mol. The third kappa shape index (κ3) is 11.3. The predicted molar refractivity (Wildman–Crippen MR) is 95.5 cm³/mol. The van der Waals surface area contributed by atoms with Crippen LogP contribution in [0.4, 0.5) is 13.2 Å². The van der Waals surface area contributed by atoms with Crippen molar-refractivity contribution in [1.29, 1.82) is 0 Å². The summed E-state index contributed by atoms with van der Waals surface area (Å²) in [7, 11) is 0. The lowest BCUT2D eigenvalue weighted by Gasteiger charge is -2.17. The molecule has 0 saturated carbocycles. The number of aromatic amines is 1. The molecule has 0 unspecified atom stereocenters. The molecule has 11 nitrogen and oxygen atoms in total. The Hall–Kier alpha value is -2.74. The van der Waals surface area contributed by atoms with Gasteiger partial charge in [0.2, 0.25) is 0 Å². The van der Waals surface area contributed by atoms with E-state index in [1.54, 1.807) is 0 Å². The molecule has 0 bridgehead atoms. The maximum atomic E-state index is 12.3. The van der Waals surface area contributed by atoms with Crippen LogP contribution in [0.15, 0.2) is 12.5 Å². The van der Waals surface area contributed by atoms with Gasteiger partial charge in [-0.1, -0.05) is 6.42 Å². The highest BCUT2D eigenvalue weighted by Crippen LogP contribution is 2.17. The lowest BCUT2D eigenvalue weighted by Crippen LogP contribution is -2.43. The number of carbonyl (C=O) groups excluding carboxylic acids is 2. The summed E-state index contributed by atoms with van der Waals surface area (Å²) in [5.74, 6) is -3.88. The predicted octanol–water partition coefficient (Wildman–Crippen LogP) is 0.901. The van der Waals surface area contributed by atoms with Crippen LogP contribution in [0.25, 0.3) is 0 Å². The summed E-state index contributed by atoms with van der Waals surface area (Å²) < 4.78 is 40.8. The van der Waals surface area contributed by atoms with E-state index in [9.17, 15) is 32.9 Å². The number of alkyl halides is 3. The lowest BCUT2D eigenvalue weighted by molar-refractivity contribution is -0.757. The molecule has 0 aliphatic carbocycles. The fourth-order valence-corrected chi connectivity index (χ4v) is 2.36. The largest absolute Gasteiger partial charge is 0.491 e. The summed E-state index contributed by atoms with van der Waals surface area (Å²) in [6, 6.07) is -1.15. The number of rotatable bonds is 15. The Morgan fingerprint density at radius 2 is 1.93 bits per heavy atom. The molecule has 0 radical (unpaired) electrons. The number of carbonyl (C=O) groups is 2. The molecule has 14 heteroatoms. The standard InChI is InChI=1S/C16H24F3N5O6/c17-16(18,19)15(26)30-14(25)13(9-12-10-21-11-23-12)22-7-4-6-20-5-2-1-3-8-29-24(27)28/h10-11,13,20,22H,1-9H2,(H,21,23)/t13-/m0/s1. The quantitative estimate of drug-likeness (QED) is 0.119. The third-order valence-corrected chi connectivity index (χ3v) is 3.80. The zero-order valence-corrected chi connectivity index (χ0v) is 16.1. The Morgan fingerprint density at radius 1 is 1.20 bits per heavy atom. The van der Waals surface area contributed by atoms with Gasteiger partial charge in [-0.2, -0.15) is 13.2 Å². The van der Waals surface area contributed by atoms with Gasteiger partial charge in [0.15, 0.2) is 0 Å². The molecular weight excluding hydrogens is 415 g/mol. The first-order chi connectivity index (χ1) is 14.2. The van der Waals surface area contributed by atoms with Gasteiger partial charge in [-0.3, -0.25) is 0 Å². The molecule has 1 atom stereocenters. The number of hydrogen-bond donors (Lipinski definition) is 3. The van der Waals surface area contributed by atoms with Gasteiger partial charge in [0.05, 0.1) is 12.9 Å². The second-order valence-electron chi connectivity index (χ2n) is 6.22. The smallest absolute Gasteiger partial charge is 0.385 e. The number of nitrogens with one attached hydrogen (secondary N) is 3. The molecule has 170 valence electrons. The van der Waals surface area contributed by atoms with E-state index in [4.69, 9.17) is 0 Å². The molecule has 0 aromatic carbocycles. The molecule has 0 saturated heterocycles. The number of H-pyrrole nitrogens is 1. The maximum absolute atomic E-state index is 12.3. The number of ether oxygens (including phenoxy) is 1. The van der Waals surface area contributed by atoms with Crippen LogP contribution in [0.2, 0.25) is 0 Å². The first kappa shape index (κ1) is 25.3. The molecule has 0 spiro atoms. The molecule has 1 aromatic rings. The SMILES string of the molecule is O=C(OC(=O)C(F)(F)F)[C@H](Cc1cnc[nH]1)NCCCNCCCCCO[N+](=O)[O-]. The molecule has 1 heterocycles. The van der Waals surface area contributed by atoms with Crippen LogP contribution in [0.5, 0.6) is 0 Å². The fraction of sp³-hybridized carbons (Fsp3) is 0.688. The number of nitrogens with zero attached hydrogens (tertiary/aromatic N) is 2. The van der Waals surface area contributed by atoms with Crippen LogP contribution in [-0.4, -0.2) is 65.5 Å². The minimum Gasteiger partial charge on any atom is -0.385 e. The molecule has 1 aromatic heterocycles. The third-order valence-electron chi connectivity index (χ3n) is 3.80. The van der Waals surface area contributed by atoms with Crippen molar-refractivity contribution in [3.05, 3.63) is 28.3 Å². The zero-order valence-electron chi connectivity index (χ0n) is 16.1. The van der Waals surface area contributed by atoms with Crippen molar-refractivity contribution in [1.82, 2.24) is 20.6 Å². The molecular formula is C16H24F3N5O6. The summed E-state index contributed by atoms with van der Waals surface area (Å²) in [5.41, 5.74) is 0.489. The van der Waals surface area contributed by atoms with E-state index in [0.29, 0.717) is 31.6 Å². The summed E-state index contributed by atoms with van der Waals surface area (Å²) >= 11 is 0. The van der Waals surface area contributed by atoms with E-state index < -0.39 is 29.2 Å². The first-order valence-corrected chi connectivity index (χ1v) is 9.21. The Balaban J connectivity index is 2.27. The summed E-state index contributed by atoms with van der Waals surface area (Å²) in [5, 5.41) is 15.1. The van der Waals surface area contributed by atoms with Crippen molar-refractivity contribution in [2.75, 3.05) is 26.2 Å². The number of aromatic nitrogens is 2. The van der Waals surface area contributed by atoms with Crippen molar-refractivity contribution in [3.8, 4) is 0 Å². The lowest BCUT2D eigenvalue weighted by atomic mass is 10.1. The van der Waals surface area contributed by atoms with Gasteiger partial charge in [-0.15, -0.1) is 10.1 Å². The number of hydrogen-bond acceptors (Lipinski definition) is 9. The topological polar surface area (TPSA) is 148 Å². The summed E-state index contributed by atoms with van der Waals surface area (Å²) in [6.45, 7) is 1.60. The van der Waals surface area contributed by atoms with E-state index in [-0.39, 0.29) is 19.6 Å².